The zero-order valence-corrected chi connectivity index (χ0v) is 22.8. The summed E-state index contributed by atoms with van der Waals surface area (Å²) in [4.78, 5) is 37.9. The molecule has 1 aliphatic carbocycles. The first-order valence-electron chi connectivity index (χ1n) is 13.8. The van der Waals surface area contributed by atoms with Gasteiger partial charge in [0, 0.05) is 49.8 Å². The van der Waals surface area contributed by atoms with Gasteiger partial charge in [-0.3, -0.25) is 19.5 Å². The second kappa shape index (κ2) is 11.7. The van der Waals surface area contributed by atoms with Gasteiger partial charge in [-0.2, -0.15) is 13.2 Å². The molecular formula is C30H33F3N4O4. The Balaban J connectivity index is 1.09. The van der Waals surface area contributed by atoms with Crippen LogP contribution in [0.2, 0.25) is 0 Å². The first-order chi connectivity index (χ1) is 19.5. The Morgan fingerprint density at radius 2 is 1.88 bits per heavy atom. The number of pyridine rings is 1. The molecule has 11 heteroatoms. The van der Waals surface area contributed by atoms with Gasteiger partial charge in [0.05, 0.1) is 23.0 Å². The van der Waals surface area contributed by atoms with E-state index in [1.54, 1.807) is 17.3 Å². The first-order valence-corrected chi connectivity index (χ1v) is 13.8. The Hall–Kier alpha value is -3.57. The van der Waals surface area contributed by atoms with Gasteiger partial charge in [-0.25, -0.2) is 4.98 Å². The number of amides is 1. The number of ketones is 1. The van der Waals surface area contributed by atoms with E-state index in [1.165, 1.54) is 18.4 Å². The largest absolute Gasteiger partial charge is 0.444 e. The zero-order valence-electron chi connectivity index (χ0n) is 22.8. The molecule has 5 rings (SSSR count). The number of hydrogen-bond acceptors (Lipinski definition) is 7. The van der Waals surface area contributed by atoms with Gasteiger partial charge in [0.15, 0.2) is 5.78 Å². The molecule has 1 saturated heterocycles. The molecule has 2 fully saturated rings. The summed E-state index contributed by atoms with van der Waals surface area (Å²) in [6.45, 7) is 1.11. The van der Waals surface area contributed by atoms with E-state index in [0.717, 1.165) is 37.0 Å². The third-order valence-electron chi connectivity index (χ3n) is 8.45. The average Bonchev–Trinajstić information content (AvgIpc) is 3.69. The molecule has 3 heterocycles. The van der Waals surface area contributed by atoms with Gasteiger partial charge in [0.2, 0.25) is 11.8 Å². The van der Waals surface area contributed by atoms with Gasteiger partial charge in [0.1, 0.15) is 11.9 Å². The maximum absolute atomic E-state index is 13.0. The average molecular weight is 571 g/mol. The summed E-state index contributed by atoms with van der Waals surface area (Å²) in [6.07, 6.45) is 3.54. The van der Waals surface area contributed by atoms with Crippen LogP contribution in [-0.2, 0) is 16.6 Å². The lowest BCUT2D eigenvalue weighted by atomic mass is 9.79. The number of benzene rings is 1. The third-order valence-corrected chi connectivity index (χ3v) is 8.45. The number of aromatic nitrogens is 2. The number of oxazole rings is 1. The number of nitrogens with zero attached hydrogens (tertiary/aromatic N) is 4. The molecule has 218 valence electrons. The van der Waals surface area contributed by atoms with Crippen molar-refractivity contribution in [3.63, 3.8) is 0 Å². The fourth-order valence-corrected chi connectivity index (χ4v) is 5.90. The topological polar surface area (TPSA) is 99.8 Å². The molecule has 41 heavy (non-hydrogen) atoms. The van der Waals surface area contributed by atoms with Crippen LogP contribution in [0.25, 0.3) is 11.5 Å². The number of hydrogen-bond donors (Lipinski definition) is 1. The first kappa shape index (κ1) is 28.9. The number of rotatable bonds is 8. The highest BCUT2D eigenvalue weighted by atomic mass is 19.4. The van der Waals surface area contributed by atoms with Crippen molar-refractivity contribution in [1.29, 1.82) is 0 Å². The minimum absolute atomic E-state index is 0.0374. The lowest BCUT2D eigenvalue weighted by Crippen LogP contribution is -2.46. The Morgan fingerprint density at radius 1 is 1.10 bits per heavy atom. The molecule has 0 spiro atoms. The van der Waals surface area contributed by atoms with E-state index < -0.39 is 23.1 Å². The molecule has 1 N–H and O–H groups in total. The Kier molecular flexibility index (Phi) is 8.28. The van der Waals surface area contributed by atoms with Crippen LogP contribution in [-0.4, -0.2) is 68.8 Å². The lowest BCUT2D eigenvalue weighted by Gasteiger charge is -2.41. The van der Waals surface area contributed by atoms with Gasteiger partial charge >= 0.3 is 6.18 Å². The number of halogens is 3. The second-order valence-electron chi connectivity index (χ2n) is 11.0. The van der Waals surface area contributed by atoms with Crippen molar-refractivity contribution in [3.05, 3.63) is 71.9 Å². The standard InChI is InChI=1S/C30H33F3N4O4/c1-36(23-9-12-29(40,13-10-23)26-7-5-21(18-35-26)28-34-14-16-41-28)24-11-15-37(19-24)27(39)8-6-25(38)20-3-2-4-22(17-20)30(31,32)33/h2-5,7,14,16-18,23-24,40H,6,8-13,15,19H2,1H3/t23?,24-,29?/m0/s1. The van der Waals surface area contributed by atoms with Crippen LogP contribution in [0.1, 0.15) is 66.6 Å². The highest BCUT2D eigenvalue weighted by Gasteiger charge is 2.40. The predicted molar refractivity (Wildman–Crippen MR) is 144 cm³/mol. The quantitative estimate of drug-likeness (QED) is 0.377. The predicted octanol–water partition coefficient (Wildman–Crippen LogP) is 5.08. The Bertz CT molecular complexity index is 1350. The zero-order chi connectivity index (χ0) is 29.2. The van der Waals surface area contributed by atoms with Crippen molar-refractivity contribution in [2.45, 2.75) is 68.8 Å². The summed E-state index contributed by atoms with van der Waals surface area (Å²) in [6, 6.07) is 8.39. The third kappa shape index (κ3) is 6.51. The van der Waals surface area contributed by atoms with Gasteiger partial charge in [-0.05, 0) is 63.4 Å². The summed E-state index contributed by atoms with van der Waals surface area (Å²) in [7, 11) is 2.05. The Morgan fingerprint density at radius 3 is 2.54 bits per heavy atom. The second-order valence-corrected chi connectivity index (χ2v) is 11.0. The highest BCUT2D eigenvalue weighted by molar-refractivity contribution is 5.98. The number of carbonyl (C=O) groups excluding carboxylic acids is 2. The van der Waals surface area contributed by atoms with E-state index in [-0.39, 0.29) is 36.4 Å². The number of likely N-dealkylation sites (tertiary alicyclic amines) is 1. The fraction of sp³-hybridized carbons (Fsp3) is 0.467. The van der Waals surface area contributed by atoms with Crippen molar-refractivity contribution >= 4 is 11.7 Å². The molecule has 0 unspecified atom stereocenters. The van der Waals surface area contributed by atoms with Crippen molar-refractivity contribution in [1.82, 2.24) is 19.8 Å². The number of likely N-dealkylation sites (N-methyl/N-ethyl adjacent to an activating group) is 1. The molecule has 0 radical (unpaired) electrons. The minimum atomic E-state index is -4.53. The maximum Gasteiger partial charge on any atom is 0.416 e. The summed E-state index contributed by atoms with van der Waals surface area (Å²) < 4.78 is 44.2. The summed E-state index contributed by atoms with van der Waals surface area (Å²) in [5.41, 5.74) is -0.541. The van der Waals surface area contributed by atoms with Crippen molar-refractivity contribution in [2.24, 2.45) is 0 Å². The van der Waals surface area contributed by atoms with E-state index in [9.17, 15) is 27.9 Å². The van der Waals surface area contributed by atoms with Crippen LogP contribution in [0.5, 0.6) is 0 Å². The molecule has 2 aromatic heterocycles. The van der Waals surface area contributed by atoms with Crippen molar-refractivity contribution in [2.75, 3.05) is 20.1 Å². The molecular weight excluding hydrogens is 537 g/mol. The summed E-state index contributed by atoms with van der Waals surface area (Å²) in [5, 5.41) is 11.3. The van der Waals surface area contributed by atoms with Gasteiger partial charge < -0.3 is 14.4 Å². The van der Waals surface area contributed by atoms with Crippen LogP contribution in [0, 0.1) is 0 Å². The molecule has 1 saturated carbocycles. The summed E-state index contributed by atoms with van der Waals surface area (Å²) >= 11 is 0. The normalized spacial score (nSPS) is 23.2. The van der Waals surface area contributed by atoms with E-state index >= 15 is 0 Å². The van der Waals surface area contributed by atoms with Crippen LogP contribution in [0.15, 0.2) is 59.5 Å². The molecule has 1 atom stereocenters. The van der Waals surface area contributed by atoms with Crippen LogP contribution in [0.3, 0.4) is 0 Å². The summed E-state index contributed by atoms with van der Waals surface area (Å²) in [5.74, 6) is -0.167. The maximum atomic E-state index is 13.0. The van der Waals surface area contributed by atoms with Crippen LogP contribution >= 0.6 is 0 Å². The molecule has 3 aromatic rings. The number of Topliss-reactive ketones (excluding diaryl/α,β-unsaturated/α-hetero) is 1. The molecule has 8 nitrogen and oxygen atoms in total. The molecule has 1 amide bonds. The number of aliphatic hydroxyl groups is 1. The molecule has 2 aliphatic rings. The SMILES string of the molecule is CN(C1CCC(O)(c2ccc(-c3ncco3)cn2)CC1)[C@H]1CCN(C(=O)CCC(=O)c2cccc(C(F)(F)F)c2)C1. The van der Waals surface area contributed by atoms with Gasteiger partial charge in [-0.1, -0.05) is 12.1 Å². The number of alkyl halides is 3. The lowest BCUT2D eigenvalue weighted by molar-refractivity contribution is -0.137. The fourth-order valence-electron chi connectivity index (χ4n) is 5.90. The molecule has 1 aromatic carbocycles. The monoisotopic (exact) mass is 570 g/mol. The van der Waals surface area contributed by atoms with E-state index in [2.05, 4.69) is 14.9 Å². The van der Waals surface area contributed by atoms with Crippen LogP contribution < -0.4 is 0 Å². The van der Waals surface area contributed by atoms with Crippen molar-refractivity contribution in [3.8, 4) is 11.5 Å². The van der Waals surface area contributed by atoms with Gasteiger partial charge in [0.25, 0.3) is 0 Å². The van der Waals surface area contributed by atoms with Crippen molar-refractivity contribution < 1.29 is 32.3 Å². The minimum Gasteiger partial charge on any atom is -0.444 e. The van der Waals surface area contributed by atoms with E-state index in [0.29, 0.717) is 37.5 Å². The number of carbonyl (C=O) groups is 2. The van der Waals surface area contributed by atoms with Crippen LogP contribution in [0.4, 0.5) is 13.2 Å². The Labute approximate surface area is 236 Å². The van der Waals surface area contributed by atoms with Gasteiger partial charge in [-0.15, -0.1) is 0 Å². The smallest absolute Gasteiger partial charge is 0.416 e. The molecule has 1 aliphatic heterocycles. The van der Waals surface area contributed by atoms with E-state index in [1.807, 2.05) is 19.2 Å². The van der Waals surface area contributed by atoms with E-state index in [4.69, 9.17) is 4.42 Å². The molecule has 0 bridgehead atoms. The highest BCUT2D eigenvalue weighted by Crippen LogP contribution is 2.39.